The van der Waals surface area contributed by atoms with Crippen LogP contribution in [0.4, 0.5) is 0 Å². The molecule has 16 heavy (non-hydrogen) atoms. The predicted molar refractivity (Wildman–Crippen MR) is 62.6 cm³/mol. The van der Waals surface area contributed by atoms with Gasteiger partial charge < -0.3 is 4.74 Å². The van der Waals surface area contributed by atoms with E-state index in [0.29, 0.717) is 12.0 Å². The number of Topliss-reactive ketones (excluding diaryl/α,β-unsaturated/α-hetero) is 1. The summed E-state index contributed by atoms with van der Waals surface area (Å²) in [5.41, 5.74) is 0.616. The summed E-state index contributed by atoms with van der Waals surface area (Å²) in [4.78, 5) is 23.4. The standard InChI is InChI=1S/C12H11BrO3/c1-16-11(15)9-7-12(9,13)10(14)8-5-3-2-4-6-8/h2-6,9H,7H2,1H3. The number of carbonyl (C=O) groups is 2. The summed E-state index contributed by atoms with van der Waals surface area (Å²) in [5, 5.41) is 0. The van der Waals surface area contributed by atoms with Crippen molar-refractivity contribution in [3.63, 3.8) is 0 Å². The van der Waals surface area contributed by atoms with Crippen LogP contribution in [0.5, 0.6) is 0 Å². The van der Waals surface area contributed by atoms with Gasteiger partial charge in [0.25, 0.3) is 0 Å². The third-order valence-electron chi connectivity index (χ3n) is 2.79. The Morgan fingerprint density at radius 2 is 2.00 bits per heavy atom. The van der Waals surface area contributed by atoms with E-state index in [1.807, 2.05) is 6.07 Å². The van der Waals surface area contributed by atoms with Crippen LogP contribution in [0.1, 0.15) is 16.8 Å². The number of halogens is 1. The van der Waals surface area contributed by atoms with Gasteiger partial charge in [0, 0.05) is 5.56 Å². The molecule has 1 fully saturated rings. The Kier molecular flexibility index (Phi) is 2.84. The van der Waals surface area contributed by atoms with E-state index in [0.717, 1.165) is 0 Å². The molecular weight excluding hydrogens is 272 g/mol. The van der Waals surface area contributed by atoms with Crippen molar-refractivity contribution < 1.29 is 14.3 Å². The van der Waals surface area contributed by atoms with Crippen LogP contribution in [0.2, 0.25) is 0 Å². The highest BCUT2D eigenvalue weighted by atomic mass is 79.9. The van der Waals surface area contributed by atoms with Gasteiger partial charge in [-0.25, -0.2) is 0 Å². The van der Waals surface area contributed by atoms with Crippen molar-refractivity contribution >= 4 is 27.7 Å². The first-order valence-corrected chi connectivity index (χ1v) is 5.75. The van der Waals surface area contributed by atoms with Crippen molar-refractivity contribution in [2.24, 2.45) is 5.92 Å². The first kappa shape index (κ1) is 11.3. The average Bonchev–Trinajstić information content (AvgIpc) is 3.02. The zero-order valence-electron chi connectivity index (χ0n) is 8.77. The molecule has 3 nitrogen and oxygen atoms in total. The number of carbonyl (C=O) groups excluding carboxylic acids is 2. The number of hydrogen-bond donors (Lipinski definition) is 0. The molecule has 0 saturated heterocycles. The molecule has 4 heteroatoms. The Morgan fingerprint density at radius 3 is 2.56 bits per heavy atom. The van der Waals surface area contributed by atoms with Crippen LogP contribution in [-0.2, 0) is 9.53 Å². The van der Waals surface area contributed by atoms with E-state index in [-0.39, 0.29) is 17.7 Å². The zero-order valence-corrected chi connectivity index (χ0v) is 10.4. The van der Waals surface area contributed by atoms with Gasteiger partial charge in [0.1, 0.15) is 4.32 Å². The molecule has 1 aromatic rings. The minimum Gasteiger partial charge on any atom is -0.469 e. The molecule has 0 heterocycles. The second kappa shape index (κ2) is 4.01. The van der Waals surface area contributed by atoms with Crippen molar-refractivity contribution in [3.8, 4) is 0 Å². The van der Waals surface area contributed by atoms with E-state index in [1.54, 1.807) is 24.3 Å². The van der Waals surface area contributed by atoms with Crippen molar-refractivity contribution in [2.75, 3.05) is 7.11 Å². The molecule has 0 amide bonds. The number of benzene rings is 1. The first-order chi connectivity index (χ1) is 7.59. The van der Waals surface area contributed by atoms with Crippen LogP contribution in [0.15, 0.2) is 30.3 Å². The Morgan fingerprint density at radius 1 is 1.38 bits per heavy atom. The average molecular weight is 283 g/mol. The van der Waals surface area contributed by atoms with Crippen LogP contribution in [0, 0.1) is 5.92 Å². The number of hydrogen-bond acceptors (Lipinski definition) is 3. The summed E-state index contributed by atoms with van der Waals surface area (Å²) in [7, 11) is 1.33. The number of esters is 1. The lowest BCUT2D eigenvalue weighted by atomic mass is 10.1. The van der Waals surface area contributed by atoms with Crippen molar-refractivity contribution in [3.05, 3.63) is 35.9 Å². The number of ether oxygens (including phenoxy) is 1. The maximum Gasteiger partial charge on any atom is 0.310 e. The fourth-order valence-corrected chi connectivity index (χ4v) is 2.47. The Balaban J connectivity index is 2.17. The third-order valence-corrected chi connectivity index (χ3v) is 4.03. The maximum absolute atomic E-state index is 12.1. The molecule has 1 aliphatic carbocycles. The van der Waals surface area contributed by atoms with Gasteiger partial charge >= 0.3 is 5.97 Å². The first-order valence-electron chi connectivity index (χ1n) is 4.96. The van der Waals surface area contributed by atoms with Gasteiger partial charge in [-0.05, 0) is 6.42 Å². The molecule has 1 aliphatic rings. The molecule has 1 aromatic carbocycles. The number of rotatable bonds is 3. The molecule has 2 atom stereocenters. The van der Waals surface area contributed by atoms with Crippen LogP contribution in [-0.4, -0.2) is 23.2 Å². The summed E-state index contributed by atoms with van der Waals surface area (Å²) >= 11 is 3.35. The topological polar surface area (TPSA) is 43.4 Å². The van der Waals surface area contributed by atoms with Gasteiger partial charge in [0.15, 0.2) is 5.78 Å². The summed E-state index contributed by atoms with van der Waals surface area (Å²) in [6.07, 6.45) is 0.507. The Hall–Kier alpha value is -1.16. The lowest BCUT2D eigenvalue weighted by Crippen LogP contribution is -2.22. The van der Waals surface area contributed by atoms with Crippen molar-refractivity contribution in [2.45, 2.75) is 10.7 Å². The molecule has 0 bridgehead atoms. The smallest absolute Gasteiger partial charge is 0.310 e. The maximum atomic E-state index is 12.1. The molecule has 2 unspecified atom stereocenters. The summed E-state index contributed by atoms with van der Waals surface area (Å²) in [5.74, 6) is -0.741. The highest BCUT2D eigenvalue weighted by molar-refractivity contribution is 9.10. The van der Waals surface area contributed by atoms with Gasteiger partial charge in [-0.2, -0.15) is 0 Å². The van der Waals surface area contributed by atoms with E-state index < -0.39 is 4.32 Å². The highest BCUT2D eigenvalue weighted by Crippen LogP contribution is 2.53. The number of alkyl halides is 1. The van der Waals surface area contributed by atoms with E-state index in [1.165, 1.54) is 7.11 Å². The summed E-state index contributed by atoms with van der Waals surface area (Å²) < 4.78 is 3.89. The third kappa shape index (κ3) is 1.78. The fourth-order valence-electron chi connectivity index (χ4n) is 1.73. The normalized spacial score (nSPS) is 27.2. The van der Waals surface area contributed by atoms with Crippen LogP contribution < -0.4 is 0 Å². The molecule has 0 spiro atoms. The van der Waals surface area contributed by atoms with Crippen molar-refractivity contribution in [1.82, 2.24) is 0 Å². The quantitative estimate of drug-likeness (QED) is 0.485. The molecule has 0 N–H and O–H groups in total. The molecule has 0 aromatic heterocycles. The minimum atomic E-state index is -0.749. The van der Waals surface area contributed by atoms with Crippen LogP contribution in [0.25, 0.3) is 0 Å². The summed E-state index contributed by atoms with van der Waals surface area (Å²) in [6.45, 7) is 0. The van der Waals surface area contributed by atoms with E-state index in [9.17, 15) is 9.59 Å². The molecular formula is C12H11BrO3. The second-order valence-corrected chi connectivity index (χ2v) is 5.25. The predicted octanol–water partition coefficient (Wildman–Crippen LogP) is 2.20. The van der Waals surface area contributed by atoms with Crippen LogP contribution in [0.3, 0.4) is 0 Å². The molecule has 2 rings (SSSR count). The van der Waals surface area contributed by atoms with Gasteiger partial charge in [-0.1, -0.05) is 46.3 Å². The Bertz CT molecular complexity index is 429. The summed E-state index contributed by atoms with van der Waals surface area (Å²) in [6, 6.07) is 8.95. The fraction of sp³-hybridized carbons (Fsp3) is 0.333. The molecule has 0 radical (unpaired) electrons. The van der Waals surface area contributed by atoms with Crippen molar-refractivity contribution in [1.29, 1.82) is 0 Å². The molecule has 1 saturated carbocycles. The van der Waals surface area contributed by atoms with Gasteiger partial charge in [-0.3, -0.25) is 9.59 Å². The SMILES string of the molecule is COC(=O)C1CC1(Br)C(=O)c1ccccc1. The van der Waals surface area contributed by atoms with E-state index in [4.69, 9.17) is 0 Å². The Labute approximate surface area is 102 Å². The lowest BCUT2D eigenvalue weighted by molar-refractivity contribution is -0.142. The largest absolute Gasteiger partial charge is 0.469 e. The monoisotopic (exact) mass is 282 g/mol. The van der Waals surface area contributed by atoms with Gasteiger partial charge in [-0.15, -0.1) is 0 Å². The van der Waals surface area contributed by atoms with Gasteiger partial charge in [0.2, 0.25) is 0 Å². The molecule has 0 aliphatic heterocycles. The van der Waals surface area contributed by atoms with Crippen LogP contribution >= 0.6 is 15.9 Å². The lowest BCUT2D eigenvalue weighted by Gasteiger charge is -2.07. The minimum absolute atomic E-state index is 0.0523. The molecule has 84 valence electrons. The van der Waals surface area contributed by atoms with E-state index >= 15 is 0 Å². The number of methoxy groups -OCH3 is 1. The number of ketones is 1. The van der Waals surface area contributed by atoms with Gasteiger partial charge in [0.05, 0.1) is 13.0 Å². The highest BCUT2D eigenvalue weighted by Gasteiger charge is 2.62. The second-order valence-electron chi connectivity index (χ2n) is 3.84. The van der Waals surface area contributed by atoms with E-state index in [2.05, 4.69) is 20.7 Å². The zero-order chi connectivity index (χ0) is 11.8.